The Morgan fingerprint density at radius 3 is 2.74 bits per heavy atom. The van der Waals surface area contributed by atoms with Crippen molar-refractivity contribution in [3.8, 4) is 11.6 Å². The highest BCUT2D eigenvalue weighted by Crippen LogP contribution is 2.40. The highest BCUT2D eigenvalue weighted by Gasteiger charge is 2.16. The molecule has 0 saturated heterocycles. The fourth-order valence-electron chi connectivity index (χ4n) is 2.58. The third kappa shape index (κ3) is 4.26. The number of rotatable bonds is 5. The van der Waals surface area contributed by atoms with Crippen molar-refractivity contribution < 1.29 is 14.6 Å². The summed E-state index contributed by atoms with van der Waals surface area (Å²) in [7, 11) is 0. The minimum atomic E-state index is -0.618. The van der Waals surface area contributed by atoms with Crippen molar-refractivity contribution in [3.05, 3.63) is 50.9 Å². The van der Waals surface area contributed by atoms with Crippen LogP contribution >= 0.6 is 39.1 Å². The molecule has 0 saturated carbocycles. The number of fused-ring (bicyclic) bond motifs is 1. The Morgan fingerprint density at radius 1 is 1.26 bits per heavy atom. The van der Waals surface area contributed by atoms with Gasteiger partial charge in [-0.15, -0.1) is 10.2 Å². The highest BCUT2D eigenvalue weighted by molar-refractivity contribution is 9.10. The lowest BCUT2D eigenvalue weighted by molar-refractivity contribution is -0.120. The summed E-state index contributed by atoms with van der Waals surface area (Å²) in [5.74, 6) is -0.351. The van der Waals surface area contributed by atoms with Crippen molar-refractivity contribution in [2.24, 2.45) is 10.2 Å². The van der Waals surface area contributed by atoms with Crippen LogP contribution in [0.15, 0.2) is 51.1 Å². The standard InChI is InChI=1S/C18H14BrCl2N3O3/c1-2-24-14-5-3-10(19)7-12(14)17(18(24)26)23-22-16(25)9-27-15-6-4-11(20)8-13(15)21/h3-8,26H,2,9H2,1H3. The molecule has 0 bridgehead atoms. The van der Waals surface area contributed by atoms with Gasteiger partial charge in [-0.05, 0) is 43.3 Å². The van der Waals surface area contributed by atoms with Gasteiger partial charge in [0, 0.05) is 21.4 Å². The number of azo groups is 1. The minimum absolute atomic E-state index is 0.0520. The van der Waals surface area contributed by atoms with Gasteiger partial charge >= 0.3 is 5.91 Å². The largest absolute Gasteiger partial charge is 0.493 e. The molecule has 0 unspecified atom stereocenters. The third-order valence-corrected chi connectivity index (χ3v) is 4.82. The first kappa shape index (κ1) is 19.7. The molecule has 6 nitrogen and oxygen atoms in total. The molecule has 3 rings (SSSR count). The maximum Gasteiger partial charge on any atom is 0.302 e. The van der Waals surface area contributed by atoms with Crippen LogP contribution in [0, 0.1) is 0 Å². The molecule has 1 heterocycles. The number of aromatic nitrogens is 1. The molecule has 0 aliphatic rings. The van der Waals surface area contributed by atoms with Gasteiger partial charge < -0.3 is 14.4 Å². The molecule has 0 aliphatic heterocycles. The second-order valence-corrected chi connectivity index (χ2v) is 7.29. The Balaban J connectivity index is 1.80. The fourth-order valence-corrected chi connectivity index (χ4v) is 3.40. The topological polar surface area (TPSA) is 76.2 Å². The molecule has 0 atom stereocenters. The fraction of sp³-hybridized carbons (Fsp3) is 0.167. The van der Waals surface area contributed by atoms with E-state index in [4.69, 9.17) is 27.9 Å². The molecule has 0 spiro atoms. The van der Waals surface area contributed by atoms with Crippen LogP contribution in [0.25, 0.3) is 10.9 Å². The third-order valence-electron chi connectivity index (χ3n) is 3.79. The van der Waals surface area contributed by atoms with Crippen LogP contribution in [-0.2, 0) is 11.3 Å². The van der Waals surface area contributed by atoms with Gasteiger partial charge in [0.05, 0.1) is 10.5 Å². The van der Waals surface area contributed by atoms with Crippen LogP contribution in [0.4, 0.5) is 5.69 Å². The molecule has 140 valence electrons. The zero-order valence-corrected chi connectivity index (χ0v) is 17.2. The number of halogens is 3. The number of carbonyl (C=O) groups is 1. The van der Waals surface area contributed by atoms with E-state index in [0.717, 1.165) is 9.99 Å². The number of aromatic hydroxyl groups is 1. The molecule has 2 aromatic carbocycles. The van der Waals surface area contributed by atoms with Gasteiger partial charge in [-0.2, -0.15) is 0 Å². The van der Waals surface area contributed by atoms with Gasteiger partial charge in [0.2, 0.25) is 5.88 Å². The number of hydrogen-bond acceptors (Lipinski definition) is 4. The van der Waals surface area contributed by atoms with E-state index in [2.05, 4.69) is 26.2 Å². The van der Waals surface area contributed by atoms with Gasteiger partial charge in [0.25, 0.3) is 0 Å². The Kier molecular flexibility index (Phi) is 6.04. The van der Waals surface area contributed by atoms with Gasteiger partial charge in [-0.1, -0.05) is 39.1 Å². The van der Waals surface area contributed by atoms with Crippen molar-refractivity contribution in [2.75, 3.05) is 6.61 Å². The van der Waals surface area contributed by atoms with Crippen LogP contribution < -0.4 is 4.74 Å². The van der Waals surface area contributed by atoms with E-state index in [1.807, 2.05) is 25.1 Å². The maximum absolute atomic E-state index is 12.0. The van der Waals surface area contributed by atoms with Crippen molar-refractivity contribution in [1.82, 2.24) is 4.57 Å². The normalized spacial score (nSPS) is 11.4. The Morgan fingerprint density at radius 2 is 2.04 bits per heavy atom. The smallest absolute Gasteiger partial charge is 0.302 e. The Hall–Kier alpha value is -2.09. The number of benzene rings is 2. The van der Waals surface area contributed by atoms with E-state index in [0.29, 0.717) is 27.7 Å². The first-order chi connectivity index (χ1) is 12.9. The number of ether oxygens (including phenoxy) is 1. The minimum Gasteiger partial charge on any atom is -0.493 e. The molecule has 27 heavy (non-hydrogen) atoms. The van der Waals surface area contributed by atoms with Crippen molar-refractivity contribution >= 4 is 61.6 Å². The van der Waals surface area contributed by atoms with Crippen molar-refractivity contribution in [2.45, 2.75) is 13.5 Å². The lowest BCUT2D eigenvalue weighted by Gasteiger charge is -2.05. The highest BCUT2D eigenvalue weighted by atomic mass is 79.9. The van der Waals surface area contributed by atoms with Crippen LogP contribution in [0.1, 0.15) is 6.92 Å². The van der Waals surface area contributed by atoms with Crippen LogP contribution in [0.2, 0.25) is 10.0 Å². The summed E-state index contributed by atoms with van der Waals surface area (Å²) < 4.78 is 7.85. The molecular weight excluding hydrogens is 457 g/mol. The van der Waals surface area contributed by atoms with E-state index in [-0.39, 0.29) is 18.2 Å². The summed E-state index contributed by atoms with van der Waals surface area (Å²) in [6, 6.07) is 10.2. The number of nitrogens with zero attached hydrogens (tertiary/aromatic N) is 3. The van der Waals surface area contributed by atoms with Crippen LogP contribution in [0.5, 0.6) is 11.6 Å². The van der Waals surface area contributed by atoms with E-state index < -0.39 is 5.91 Å². The zero-order chi connectivity index (χ0) is 19.6. The summed E-state index contributed by atoms with van der Waals surface area (Å²) in [6.07, 6.45) is 0. The predicted molar refractivity (Wildman–Crippen MR) is 108 cm³/mol. The first-order valence-electron chi connectivity index (χ1n) is 7.93. The molecular formula is C18H14BrCl2N3O3. The average Bonchev–Trinajstić information content (AvgIpc) is 2.89. The summed E-state index contributed by atoms with van der Waals surface area (Å²) >= 11 is 15.2. The molecule has 3 aromatic rings. The number of amides is 1. The molecule has 0 aliphatic carbocycles. The quantitative estimate of drug-likeness (QED) is 0.456. The summed E-state index contributed by atoms with van der Waals surface area (Å²) in [4.78, 5) is 12.0. The van der Waals surface area contributed by atoms with Crippen LogP contribution in [0.3, 0.4) is 0 Å². The van der Waals surface area contributed by atoms with Crippen LogP contribution in [-0.4, -0.2) is 22.2 Å². The lowest BCUT2D eigenvalue weighted by atomic mass is 10.2. The number of aryl methyl sites for hydroxylation is 1. The monoisotopic (exact) mass is 469 g/mol. The molecule has 1 aromatic heterocycles. The molecule has 0 fully saturated rings. The summed E-state index contributed by atoms with van der Waals surface area (Å²) in [5.41, 5.74) is 1.02. The molecule has 0 radical (unpaired) electrons. The Labute approximate surface area is 173 Å². The summed E-state index contributed by atoms with van der Waals surface area (Å²) in [6.45, 7) is 2.10. The first-order valence-corrected chi connectivity index (χ1v) is 9.48. The summed E-state index contributed by atoms with van der Waals surface area (Å²) in [5, 5.41) is 19.4. The van der Waals surface area contributed by atoms with E-state index in [1.165, 1.54) is 6.07 Å². The second-order valence-electron chi connectivity index (χ2n) is 5.54. The van der Waals surface area contributed by atoms with Gasteiger partial charge in [0.15, 0.2) is 12.3 Å². The van der Waals surface area contributed by atoms with E-state index >= 15 is 0 Å². The number of carbonyl (C=O) groups excluding carboxylic acids is 1. The average molecular weight is 471 g/mol. The van der Waals surface area contributed by atoms with E-state index in [9.17, 15) is 9.90 Å². The van der Waals surface area contributed by atoms with Crippen molar-refractivity contribution in [3.63, 3.8) is 0 Å². The second kappa shape index (κ2) is 8.29. The van der Waals surface area contributed by atoms with E-state index in [1.54, 1.807) is 16.7 Å². The Bertz CT molecular complexity index is 1050. The lowest BCUT2D eigenvalue weighted by Crippen LogP contribution is -2.08. The molecule has 1 N–H and O–H groups in total. The zero-order valence-electron chi connectivity index (χ0n) is 14.1. The maximum atomic E-state index is 12.0. The van der Waals surface area contributed by atoms with Crippen molar-refractivity contribution in [1.29, 1.82) is 0 Å². The molecule has 9 heteroatoms. The van der Waals surface area contributed by atoms with Gasteiger partial charge in [-0.3, -0.25) is 4.79 Å². The van der Waals surface area contributed by atoms with Gasteiger partial charge in [0.1, 0.15) is 5.75 Å². The predicted octanol–water partition coefficient (Wildman–Crippen LogP) is 6.13. The van der Waals surface area contributed by atoms with Gasteiger partial charge in [-0.25, -0.2) is 0 Å². The SMILES string of the molecule is CCn1c(O)c(N=NC(=O)COc2ccc(Cl)cc2Cl)c2cc(Br)ccc21. The molecule has 1 amide bonds. The number of hydrogen-bond donors (Lipinski definition) is 1.